The molecule has 0 aromatic heterocycles. The van der Waals surface area contributed by atoms with Crippen molar-refractivity contribution < 1.29 is 9.84 Å². The quantitative estimate of drug-likeness (QED) is 0.710. The number of hydrogen-bond acceptors (Lipinski definition) is 3. The van der Waals surface area contributed by atoms with Crippen LogP contribution in [0.4, 0.5) is 0 Å². The molecule has 2 aliphatic rings. The lowest BCUT2D eigenvalue weighted by Crippen LogP contribution is -2.39. The Labute approximate surface area is 85.8 Å². The fraction of sp³-hybridized carbons (Fsp3) is 1.00. The summed E-state index contributed by atoms with van der Waals surface area (Å²) >= 11 is 0. The van der Waals surface area contributed by atoms with Crippen LogP contribution in [0.15, 0.2) is 0 Å². The Morgan fingerprint density at radius 3 is 2.79 bits per heavy atom. The van der Waals surface area contributed by atoms with Crippen LogP contribution < -0.4 is 5.32 Å². The minimum absolute atomic E-state index is 0.118. The summed E-state index contributed by atoms with van der Waals surface area (Å²) in [5.41, 5.74) is 0. The summed E-state index contributed by atoms with van der Waals surface area (Å²) in [5, 5.41) is 13.1. The van der Waals surface area contributed by atoms with Crippen molar-refractivity contribution in [2.75, 3.05) is 13.2 Å². The normalized spacial score (nSPS) is 43.3. The minimum Gasteiger partial charge on any atom is -0.392 e. The van der Waals surface area contributed by atoms with E-state index in [4.69, 9.17) is 4.74 Å². The van der Waals surface area contributed by atoms with Gasteiger partial charge in [0.2, 0.25) is 0 Å². The first-order chi connectivity index (χ1) is 6.77. The highest BCUT2D eigenvalue weighted by Gasteiger charge is 2.28. The Hall–Kier alpha value is -0.120. The second-order valence-corrected chi connectivity index (χ2v) is 4.64. The van der Waals surface area contributed by atoms with Crippen molar-refractivity contribution in [2.45, 2.75) is 50.9 Å². The van der Waals surface area contributed by atoms with E-state index in [1.807, 2.05) is 0 Å². The maximum absolute atomic E-state index is 9.64. The van der Waals surface area contributed by atoms with Gasteiger partial charge in [0.15, 0.2) is 0 Å². The highest BCUT2D eigenvalue weighted by molar-refractivity contribution is 4.84. The van der Waals surface area contributed by atoms with Crippen LogP contribution in [0.2, 0.25) is 0 Å². The molecule has 2 rings (SSSR count). The van der Waals surface area contributed by atoms with Crippen LogP contribution in [0.25, 0.3) is 0 Å². The van der Waals surface area contributed by atoms with Crippen molar-refractivity contribution in [3.8, 4) is 0 Å². The molecule has 1 saturated heterocycles. The molecule has 0 amide bonds. The summed E-state index contributed by atoms with van der Waals surface area (Å²) in [6.45, 7) is 4.05. The zero-order valence-corrected chi connectivity index (χ0v) is 8.91. The van der Waals surface area contributed by atoms with E-state index in [0.29, 0.717) is 18.1 Å². The number of nitrogens with one attached hydrogen (secondary N) is 1. The lowest BCUT2D eigenvalue weighted by atomic mass is 10.0. The largest absolute Gasteiger partial charge is 0.392 e. The molecule has 3 heteroatoms. The van der Waals surface area contributed by atoms with Gasteiger partial charge in [0.25, 0.3) is 0 Å². The second-order valence-electron chi connectivity index (χ2n) is 4.64. The van der Waals surface area contributed by atoms with Crippen molar-refractivity contribution in [2.24, 2.45) is 5.92 Å². The zero-order chi connectivity index (χ0) is 9.97. The Morgan fingerprint density at radius 1 is 1.36 bits per heavy atom. The van der Waals surface area contributed by atoms with Gasteiger partial charge in [-0.15, -0.1) is 0 Å². The Morgan fingerprint density at radius 2 is 2.21 bits per heavy atom. The van der Waals surface area contributed by atoms with Crippen LogP contribution in [-0.4, -0.2) is 36.5 Å². The standard InChI is InChI=1S/C11H21NO2/c1-8-9(5-6-14-8)7-12-10-3-2-4-11(10)13/h8-13H,2-7H2,1H3/t8?,9?,10-,11-/m1/s1. The molecule has 0 aromatic carbocycles. The Balaban J connectivity index is 1.71. The summed E-state index contributed by atoms with van der Waals surface area (Å²) in [5.74, 6) is 0.641. The lowest BCUT2D eigenvalue weighted by Gasteiger charge is -2.20. The molecule has 1 aliphatic carbocycles. The highest BCUT2D eigenvalue weighted by atomic mass is 16.5. The number of aliphatic hydroxyl groups is 1. The third-order valence-corrected chi connectivity index (χ3v) is 3.65. The number of ether oxygens (including phenoxy) is 1. The fourth-order valence-corrected chi connectivity index (χ4v) is 2.53. The maximum atomic E-state index is 9.64. The minimum atomic E-state index is -0.118. The van der Waals surface area contributed by atoms with Crippen LogP contribution >= 0.6 is 0 Å². The highest BCUT2D eigenvalue weighted by Crippen LogP contribution is 2.22. The number of hydrogen-bond donors (Lipinski definition) is 2. The monoisotopic (exact) mass is 199 g/mol. The van der Waals surface area contributed by atoms with E-state index >= 15 is 0 Å². The zero-order valence-electron chi connectivity index (χ0n) is 8.91. The van der Waals surface area contributed by atoms with E-state index in [0.717, 1.165) is 38.8 Å². The molecule has 3 nitrogen and oxygen atoms in total. The molecule has 4 atom stereocenters. The van der Waals surface area contributed by atoms with Gasteiger partial charge in [-0.2, -0.15) is 0 Å². The van der Waals surface area contributed by atoms with Crippen LogP contribution in [0.1, 0.15) is 32.6 Å². The van der Waals surface area contributed by atoms with Crippen molar-refractivity contribution >= 4 is 0 Å². The Kier molecular flexibility index (Phi) is 3.42. The summed E-state index contributed by atoms with van der Waals surface area (Å²) in [4.78, 5) is 0. The SMILES string of the molecule is CC1OCCC1CN[C@@H]1CCC[C@H]1O. The van der Waals surface area contributed by atoms with Crippen molar-refractivity contribution in [3.63, 3.8) is 0 Å². The molecule has 1 saturated carbocycles. The van der Waals surface area contributed by atoms with Gasteiger partial charge in [-0.1, -0.05) is 0 Å². The van der Waals surface area contributed by atoms with Crippen LogP contribution in [0.3, 0.4) is 0 Å². The van der Waals surface area contributed by atoms with Crippen molar-refractivity contribution in [3.05, 3.63) is 0 Å². The maximum Gasteiger partial charge on any atom is 0.0693 e. The van der Waals surface area contributed by atoms with E-state index in [1.165, 1.54) is 0 Å². The first-order valence-corrected chi connectivity index (χ1v) is 5.80. The lowest BCUT2D eigenvalue weighted by molar-refractivity contribution is 0.100. The summed E-state index contributed by atoms with van der Waals surface area (Å²) in [7, 11) is 0. The first kappa shape index (κ1) is 10.4. The van der Waals surface area contributed by atoms with Gasteiger partial charge in [0.1, 0.15) is 0 Å². The van der Waals surface area contributed by atoms with Gasteiger partial charge in [-0.25, -0.2) is 0 Å². The molecule has 2 fully saturated rings. The number of aliphatic hydroxyl groups excluding tert-OH is 1. The average Bonchev–Trinajstić information content (AvgIpc) is 2.72. The smallest absolute Gasteiger partial charge is 0.0693 e. The van der Waals surface area contributed by atoms with Crippen molar-refractivity contribution in [1.29, 1.82) is 0 Å². The Bertz CT molecular complexity index is 166. The molecule has 82 valence electrons. The molecule has 0 spiro atoms. The molecule has 14 heavy (non-hydrogen) atoms. The molecule has 1 heterocycles. The van der Waals surface area contributed by atoms with Crippen LogP contribution in [0, 0.1) is 5.92 Å². The van der Waals surface area contributed by atoms with Gasteiger partial charge in [-0.3, -0.25) is 0 Å². The average molecular weight is 199 g/mol. The fourth-order valence-electron chi connectivity index (χ4n) is 2.53. The predicted molar refractivity (Wildman–Crippen MR) is 55.2 cm³/mol. The molecule has 0 radical (unpaired) electrons. The van der Waals surface area contributed by atoms with E-state index < -0.39 is 0 Å². The third kappa shape index (κ3) is 2.27. The van der Waals surface area contributed by atoms with Gasteiger partial charge >= 0.3 is 0 Å². The molecule has 2 unspecified atom stereocenters. The third-order valence-electron chi connectivity index (χ3n) is 3.65. The van der Waals surface area contributed by atoms with E-state index in [1.54, 1.807) is 0 Å². The molecule has 2 N–H and O–H groups in total. The summed E-state index contributed by atoms with van der Waals surface area (Å²) in [6.07, 6.45) is 4.69. The summed E-state index contributed by atoms with van der Waals surface area (Å²) in [6, 6.07) is 0.336. The molecule has 0 aromatic rings. The van der Waals surface area contributed by atoms with Crippen molar-refractivity contribution in [1.82, 2.24) is 5.32 Å². The second kappa shape index (κ2) is 4.60. The molecular formula is C11H21NO2. The van der Waals surface area contributed by atoms with Crippen LogP contribution in [0.5, 0.6) is 0 Å². The van der Waals surface area contributed by atoms with E-state index in [-0.39, 0.29) is 6.10 Å². The molecule has 0 bridgehead atoms. The van der Waals surface area contributed by atoms with Gasteiger partial charge in [0.05, 0.1) is 12.2 Å². The predicted octanol–water partition coefficient (Wildman–Crippen LogP) is 0.914. The first-order valence-electron chi connectivity index (χ1n) is 5.80. The van der Waals surface area contributed by atoms with E-state index in [9.17, 15) is 5.11 Å². The molecular weight excluding hydrogens is 178 g/mol. The number of rotatable bonds is 3. The van der Waals surface area contributed by atoms with Gasteiger partial charge in [-0.05, 0) is 38.5 Å². The molecule has 1 aliphatic heterocycles. The van der Waals surface area contributed by atoms with E-state index in [2.05, 4.69) is 12.2 Å². The van der Waals surface area contributed by atoms with Gasteiger partial charge in [0, 0.05) is 19.2 Å². The topological polar surface area (TPSA) is 41.5 Å². The van der Waals surface area contributed by atoms with Gasteiger partial charge < -0.3 is 15.2 Å². The summed E-state index contributed by atoms with van der Waals surface area (Å²) < 4.78 is 5.50. The van der Waals surface area contributed by atoms with Crippen LogP contribution in [-0.2, 0) is 4.74 Å².